The molecule has 0 radical (unpaired) electrons. The third kappa shape index (κ3) is 6.11. The molecule has 0 bridgehead atoms. The van der Waals surface area contributed by atoms with Crippen LogP contribution in [0.1, 0.15) is 38.5 Å². The molecule has 1 fully saturated rings. The van der Waals surface area contributed by atoms with E-state index in [-0.39, 0.29) is 11.9 Å². The van der Waals surface area contributed by atoms with Crippen molar-refractivity contribution in [1.29, 1.82) is 0 Å². The van der Waals surface area contributed by atoms with Crippen LogP contribution in [0.5, 0.6) is 5.75 Å². The summed E-state index contributed by atoms with van der Waals surface area (Å²) in [5, 5.41) is 8.63. The second-order valence-electron chi connectivity index (χ2n) is 8.05. The quantitative estimate of drug-likeness (QED) is 0.451. The third-order valence-electron chi connectivity index (χ3n) is 5.72. The molecule has 0 saturated heterocycles. The molecule has 0 unspecified atom stereocenters. The predicted octanol–water partition coefficient (Wildman–Crippen LogP) is 5.59. The van der Waals surface area contributed by atoms with Crippen LogP contribution in [-0.4, -0.2) is 29.6 Å². The van der Waals surface area contributed by atoms with Crippen LogP contribution < -0.4 is 15.4 Å². The van der Waals surface area contributed by atoms with Crippen molar-refractivity contribution in [2.75, 3.05) is 11.9 Å². The fraction of sp³-hybridized carbons (Fsp3) is 0.360. The van der Waals surface area contributed by atoms with Gasteiger partial charge in [0.15, 0.2) is 0 Å². The molecular weight excluding hydrogens is 410 g/mol. The zero-order valence-corrected chi connectivity index (χ0v) is 18.3. The molecule has 6 heteroatoms. The number of aromatic nitrogens is 1. The van der Waals surface area contributed by atoms with Crippen LogP contribution in [0.4, 0.5) is 5.69 Å². The van der Waals surface area contributed by atoms with Crippen molar-refractivity contribution in [1.82, 2.24) is 10.3 Å². The summed E-state index contributed by atoms with van der Waals surface area (Å²) in [6.07, 6.45) is 7.05. The van der Waals surface area contributed by atoms with E-state index in [0.717, 1.165) is 54.4 Å². The highest BCUT2D eigenvalue weighted by atomic mass is 35.5. The zero-order chi connectivity index (χ0) is 21.5. The van der Waals surface area contributed by atoms with E-state index >= 15 is 0 Å². The number of anilines is 1. The van der Waals surface area contributed by atoms with Crippen molar-refractivity contribution in [3.05, 3.63) is 65.8 Å². The summed E-state index contributed by atoms with van der Waals surface area (Å²) >= 11 is 6.09. The summed E-state index contributed by atoms with van der Waals surface area (Å²) in [4.78, 5) is 16.7. The van der Waals surface area contributed by atoms with E-state index in [1.54, 1.807) is 0 Å². The second kappa shape index (κ2) is 10.5. The molecule has 162 valence electrons. The Morgan fingerprint density at radius 3 is 2.61 bits per heavy atom. The van der Waals surface area contributed by atoms with E-state index in [9.17, 15) is 4.79 Å². The lowest BCUT2D eigenvalue weighted by molar-refractivity contribution is -0.122. The van der Waals surface area contributed by atoms with Gasteiger partial charge in [-0.3, -0.25) is 9.78 Å². The molecular formula is C25H28ClN3O2. The van der Waals surface area contributed by atoms with Gasteiger partial charge in [-0.1, -0.05) is 29.8 Å². The highest BCUT2D eigenvalue weighted by Gasteiger charge is 2.22. The Labute approximate surface area is 188 Å². The summed E-state index contributed by atoms with van der Waals surface area (Å²) in [6, 6.07) is 18.2. The van der Waals surface area contributed by atoms with Gasteiger partial charge in [-0.05, 0) is 68.5 Å². The van der Waals surface area contributed by atoms with Crippen LogP contribution in [-0.2, 0) is 4.79 Å². The number of nitrogens with one attached hydrogen (secondary N) is 2. The molecule has 4 rings (SSSR count). The summed E-state index contributed by atoms with van der Waals surface area (Å²) in [5.41, 5.74) is 1.99. The Morgan fingerprint density at radius 2 is 1.81 bits per heavy atom. The van der Waals surface area contributed by atoms with Gasteiger partial charge in [0.1, 0.15) is 5.75 Å². The monoisotopic (exact) mass is 437 g/mol. The van der Waals surface area contributed by atoms with Crippen molar-refractivity contribution in [2.45, 2.75) is 50.6 Å². The van der Waals surface area contributed by atoms with Crippen molar-refractivity contribution in [2.24, 2.45) is 0 Å². The first-order valence-electron chi connectivity index (χ1n) is 11.0. The summed E-state index contributed by atoms with van der Waals surface area (Å²) in [5.74, 6) is 0.962. The van der Waals surface area contributed by atoms with E-state index in [0.29, 0.717) is 24.1 Å². The summed E-state index contributed by atoms with van der Waals surface area (Å²) in [6.45, 7) is 0.555. The number of benzene rings is 2. The van der Waals surface area contributed by atoms with Gasteiger partial charge in [0, 0.05) is 40.8 Å². The van der Waals surface area contributed by atoms with Crippen LogP contribution in [0.25, 0.3) is 10.9 Å². The number of ether oxygens (including phenoxy) is 1. The zero-order valence-electron chi connectivity index (χ0n) is 17.5. The lowest BCUT2D eigenvalue weighted by Crippen LogP contribution is -2.40. The van der Waals surface area contributed by atoms with E-state index < -0.39 is 0 Å². The maximum atomic E-state index is 12.3. The molecule has 1 aromatic heterocycles. The molecule has 2 N–H and O–H groups in total. The number of fused-ring (bicyclic) bond motifs is 1. The van der Waals surface area contributed by atoms with E-state index in [2.05, 4.69) is 15.6 Å². The molecule has 0 aliphatic heterocycles. The molecule has 0 atom stereocenters. The van der Waals surface area contributed by atoms with Crippen LogP contribution in [0.15, 0.2) is 60.8 Å². The van der Waals surface area contributed by atoms with Gasteiger partial charge in [-0.15, -0.1) is 0 Å². The molecule has 5 nitrogen and oxygen atoms in total. The first-order chi connectivity index (χ1) is 15.2. The van der Waals surface area contributed by atoms with Gasteiger partial charge in [0.05, 0.1) is 12.1 Å². The molecule has 1 aliphatic carbocycles. The fourth-order valence-corrected chi connectivity index (χ4v) is 4.25. The largest absolute Gasteiger partial charge is 0.494 e. The minimum Gasteiger partial charge on any atom is -0.494 e. The van der Waals surface area contributed by atoms with Crippen molar-refractivity contribution >= 4 is 34.1 Å². The minimum absolute atomic E-state index is 0.116. The number of pyridine rings is 1. The number of rotatable bonds is 8. The Kier molecular flexibility index (Phi) is 7.26. The van der Waals surface area contributed by atoms with Gasteiger partial charge in [-0.2, -0.15) is 0 Å². The van der Waals surface area contributed by atoms with Gasteiger partial charge in [-0.25, -0.2) is 0 Å². The Hall–Kier alpha value is -2.79. The van der Waals surface area contributed by atoms with Crippen molar-refractivity contribution in [3.63, 3.8) is 0 Å². The van der Waals surface area contributed by atoms with E-state index in [4.69, 9.17) is 16.3 Å². The number of hydrogen-bond donors (Lipinski definition) is 2. The highest BCUT2D eigenvalue weighted by molar-refractivity contribution is 6.31. The number of para-hydroxylation sites is 1. The number of amides is 1. The first-order valence-corrected chi connectivity index (χ1v) is 11.3. The van der Waals surface area contributed by atoms with Crippen molar-refractivity contribution < 1.29 is 9.53 Å². The average molecular weight is 438 g/mol. The lowest BCUT2D eigenvalue weighted by Gasteiger charge is -2.30. The van der Waals surface area contributed by atoms with Crippen LogP contribution >= 0.6 is 11.6 Å². The van der Waals surface area contributed by atoms with Gasteiger partial charge >= 0.3 is 0 Å². The van der Waals surface area contributed by atoms with Crippen LogP contribution in [0.3, 0.4) is 0 Å². The molecule has 0 spiro atoms. The molecule has 31 heavy (non-hydrogen) atoms. The summed E-state index contributed by atoms with van der Waals surface area (Å²) < 4.78 is 5.65. The number of carbonyl (C=O) groups is 1. The first kappa shape index (κ1) is 21.4. The van der Waals surface area contributed by atoms with E-state index in [1.807, 2.05) is 60.8 Å². The van der Waals surface area contributed by atoms with Gasteiger partial charge in [0.2, 0.25) is 5.91 Å². The number of nitrogens with zero attached hydrogens (tertiary/aromatic N) is 1. The Bertz CT molecular complexity index is 1000. The molecule has 1 heterocycles. The lowest BCUT2D eigenvalue weighted by atomic mass is 9.90. The number of halogens is 1. The fourth-order valence-electron chi connectivity index (χ4n) is 4.09. The maximum absolute atomic E-state index is 12.3. The molecule has 3 aromatic rings. The standard InChI is InChI=1S/C25H28ClN3O2/c26-18-8-13-22-23(14-15-27-24(22)17-18)28-19-9-11-20(12-10-19)29-25(30)7-4-16-31-21-5-2-1-3-6-21/h1-3,5-6,8,13-15,17,19-20H,4,7,9-12,16H2,(H,27,28)(H,29,30). The molecule has 2 aromatic carbocycles. The topological polar surface area (TPSA) is 63.2 Å². The molecule has 1 amide bonds. The predicted molar refractivity (Wildman–Crippen MR) is 126 cm³/mol. The smallest absolute Gasteiger partial charge is 0.220 e. The van der Waals surface area contributed by atoms with Gasteiger partial charge in [0.25, 0.3) is 0 Å². The second-order valence-corrected chi connectivity index (χ2v) is 8.48. The number of hydrogen-bond acceptors (Lipinski definition) is 4. The maximum Gasteiger partial charge on any atom is 0.220 e. The van der Waals surface area contributed by atoms with Crippen LogP contribution in [0, 0.1) is 0 Å². The average Bonchev–Trinajstić information content (AvgIpc) is 2.79. The molecule has 1 saturated carbocycles. The number of carbonyl (C=O) groups excluding carboxylic acids is 1. The Morgan fingerprint density at radius 1 is 1.03 bits per heavy atom. The molecule has 1 aliphatic rings. The Balaban J connectivity index is 1.18. The third-order valence-corrected chi connectivity index (χ3v) is 5.95. The minimum atomic E-state index is 0.116. The van der Waals surface area contributed by atoms with E-state index in [1.165, 1.54) is 0 Å². The SMILES string of the molecule is O=C(CCCOc1ccccc1)NC1CCC(Nc2ccnc3cc(Cl)ccc23)CC1. The summed E-state index contributed by atoms with van der Waals surface area (Å²) in [7, 11) is 0. The van der Waals surface area contributed by atoms with Crippen LogP contribution in [0.2, 0.25) is 5.02 Å². The normalized spacial score (nSPS) is 18.5. The van der Waals surface area contributed by atoms with Crippen molar-refractivity contribution in [3.8, 4) is 5.75 Å². The highest BCUT2D eigenvalue weighted by Crippen LogP contribution is 2.28. The van der Waals surface area contributed by atoms with Gasteiger partial charge < -0.3 is 15.4 Å².